The van der Waals surface area contributed by atoms with Crippen molar-refractivity contribution in [3.8, 4) is 0 Å². The molecule has 0 unspecified atom stereocenters. The Morgan fingerprint density at radius 1 is 1.20 bits per heavy atom. The fourth-order valence-corrected chi connectivity index (χ4v) is 0.608. The van der Waals surface area contributed by atoms with E-state index in [2.05, 4.69) is 5.32 Å². The third-order valence-corrected chi connectivity index (χ3v) is 1.68. The van der Waals surface area contributed by atoms with Gasteiger partial charge in [-0.15, -0.1) is 0 Å². The standard InChI is InChI=1S/C8H15F3N2O2/c1-7(2,15-3)4-12-6(14)13-5-8(9,10)11/h4-5H2,1-3H3,(H2,12,13,14). The molecule has 0 saturated heterocycles. The Labute approximate surface area is 86.2 Å². The molecule has 2 amide bonds. The second kappa shape index (κ2) is 5.20. The molecule has 90 valence electrons. The van der Waals surface area contributed by atoms with Gasteiger partial charge in [0.15, 0.2) is 0 Å². The molecule has 0 radical (unpaired) electrons. The Kier molecular flexibility index (Phi) is 4.86. The number of hydrogen-bond donors (Lipinski definition) is 2. The topological polar surface area (TPSA) is 50.4 Å². The molecule has 0 aliphatic carbocycles. The molecular formula is C8H15F3N2O2. The molecule has 0 aromatic rings. The first-order chi connectivity index (χ1) is 6.66. The van der Waals surface area contributed by atoms with E-state index in [9.17, 15) is 18.0 Å². The summed E-state index contributed by atoms with van der Waals surface area (Å²) in [6, 6.07) is -0.863. The van der Waals surface area contributed by atoms with Crippen LogP contribution in [0.2, 0.25) is 0 Å². The third kappa shape index (κ3) is 8.04. The summed E-state index contributed by atoms with van der Waals surface area (Å²) >= 11 is 0. The fraction of sp³-hybridized carbons (Fsp3) is 0.875. The van der Waals surface area contributed by atoms with E-state index < -0.39 is 24.4 Å². The number of carbonyl (C=O) groups is 1. The molecule has 0 aliphatic heterocycles. The molecule has 15 heavy (non-hydrogen) atoms. The molecule has 0 heterocycles. The van der Waals surface area contributed by atoms with Gasteiger partial charge in [-0.3, -0.25) is 0 Å². The van der Waals surface area contributed by atoms with Crippen molar-refractivity contribution in [1.29, 1.82) is 0 Å². The largest absolute Gasteiger partial charge is 0.405 e. The summed E-state index contributed by atoms with van der Waals surface area (Å²) in [5.74, 6) is 0. The highest BCUT2D eigenvalue weighted by Gasteiger charge is 2.28. The first kappa shape index (κ1) is 14.0. The predicted molar refractivity (Wildman–Crippen MR) is 48.5 cm³/mol. The number of urea groups is 1. The van der Waals surface area contributed by atoms with Crippen LogP contribution in [0.25, 0.3) is 0 Å². The number of alkyl halides is 3. The fourth-order valence-electron chi connectivity index (χ4n) is 0.608. The van der Waals surface area contributed by atoms with E-state index in [4.69, 9.17) is 4.74 Å². The van der Waals surface area contributed by atoms with Crippen LogP contribution in [0.15, 0.2) is 0 Å². The van der Waals surface area contributed by atoms with E-state index in [1.165, 1.54) is 7.11 Å². The number of carbonyl (C=O) groups excluding carboxylic acids is 1. The highest BCUT2D eigenvalue weighted by molar-refractivity contribution is 5.73. The van der Waals surface area contributed by atoms with Crippen LogP contribution in [0.3, 0.4) is 0 Å². The van der Waals surface area contributed by atoms with Crippen molar-refractivity contribution in [3.05, 3.63) is 0 Å². The Balaban J connectivity index is 3.77. The zero-order chi connectivity index (χ0) is 12.1. The number of methoxy groups -OCH3 is 1. The van der Waals surface area contributed by atoms with Crippen molar-refractivity contribution < 1.29 is 22.7 Å². The lowest BCUT2D eigenvalue weighted by atomic mass is 10.1. The lowest BCUT2D eigenvalue weighted by molar-refractivity contribution is -0.122. The minimum absolute atomic E-state index is 0.132. The lowest BCUT2D eigenvalue weighted by Crippen LogP contribution is -2.46. The summed E-state index contributed by atoms with van der Waals surface area (Å²) < 4.78 is 40.0. The van der Waals surface area contributed by atoms with Gasteiger partial charge in [-0.2, -0.15) is 13.2 Å². The van der Waals surface area contributed by atoms with Crippen LogP contribution < -0.4 is 10.6 Å². The number of ether oxygens (including phenoxy) is 1. The van der Waals surface area contributed by atoms with Crippen molar-refractivity contribution in [2.45, 2.75) is 25.6 Å². The summed E-state index contributed by atoms with van der Waals surface area (Å²) in [5, 5.41) is 3.96. The van der Waals surface area contributed by atoms with Gasteiger partial charge in [-0.05, 0) is 13.8 Å². The summed E-state index contributed by atoms with van der Waals surface area (Å²) in [5.41, 5.74) is -0.602. The van der Waals surface area contributed by atoms with Crippen LogP contribution in [-0.2, 0) is 4.74 Å². The smallest absolute Gasteiger partial charge is 0.377 e. The molecule has 0 spiro atoms. The van der Waals surface area contributed by atoms with Crippen molar-refractivity contribution in [2.75, 3.05) is 20.2 Å². The van der Waals surface area contributed by atoms with Crippen molar-refractivity contribution in [1.82, 2.24) is 10.6 Å². The van der Waals surface area contributed by atoms with Gasteiger partial charge < -0.3 is 15.4 Å². The quantitative estimate of drug-likeness (QED) is 0.761. The van der Waals surface area contributed by atoms with E-state index in [0.29, 0.717) is 0 Å². The summed E-state index contributed by atoms with van der Waals surface area (Å²) in [4.78, 5) is 10.9. The second-order valence-corrected chi connectivity index (χ2v) is 3.62. The molecule has 2 N–H and O–H groups in total. The molecule has 0 aromatic carbocycles. The van der Waals surface area contributed by atoms with Crippen molar-refractivity contribution in [3.63, 3.8) is 0 Å². The number of hydrogen-bond acceptors (Lipinski definition) is 2. The average molecular weight is 228 g/mol. The van der Waals surface area contributed by atoms with E-state index in [0.717, 1.165) is 0 Å². The highest BCUT2D eigenvalue weighted by Crippen LogP contribution is 2.12. The van der Waals surface area contributed by atoms with Gasteiger partial charge >= 0.3 is 12.2 Å². The van der Waals surface area contributed by atoms with Crippen LogP contribution in [-0.4, -0.2) is 38.0 Å². The van der Waals surface area contributed by atoms with E-state index in [1.807, 2.05) is 0 Å². The van der Waals surface area contributed by atoms with Crippen LogP contribution >= 0.6 is 0 Å². The van der Waals surface area contributed by atoms with Crippen LogP contribution in [0, 0.1) is 0 Å². The maximum Gasteiger partial charge on any atom is 0.405 e. The van der Waals surface area contributed by atoms with E-state index in [-0.39, 0.29) is 6.54 Å². The highest BCUT2D eigenvalue weighted by atomic mass is 19.4. The number of rotatable bonds is 4. The van der Waals surface area contributed by atoms with Gasteiger partial charge in [-0.25, -0.2) is 4.79 Å². The van der Waals surface area contributed by atoms with E-state index >= 15 is 0 Å². The third-order valence-electron chi connectivity index (χ3n) is 1.68. The van der Waals surface area contributed by atoms with Gasteiger partial charge in [0.2, 0.25) is 0 Å². The molecule has 0 atom stereocenters. The zero-order valence-corrected chi connectivity index (χ0v) is 8.86. The SMILES string of the molecule is COC(C)(C)CNC(=O)NCC(F)(F)F. The first-order valence-electron chi connectivity index (χ1n) is 4.30. The van der Waals surface area contributed by atoms with Crippen LogP contribution in [0.5, 0.6) is 0 Å². The Morgan fingerprint density at radius 3 is 2.07 bits per heavy atom. The van der Waals surface area contributed by atoms with Crippen molar-refractivity contribution in [2.24, 2.45) is 0 Å². The van der Waals surface area contributed by atoms with Gasteiger partial charge in [-0.1, -0.05) is 0 Å². The number of nitrogens with one attached hydrogen (secondary N) is 2. The second-order valence-electron chi connectivity index (χ2n) is 3.62. The molecule has 0 rings (SSSR count). The Bertz CT molecular complexity index is 216. The predicted octanol–water partition coefficient (Wildman–Crippen LogP) is 1.27. The number of amides is 2. The molecule has 0 aliphatic rings. The Hall–Kier alpha value is -0.980. The number of halogens is 3. The molecule has 7 heteroatoms. The molecule has 0 saturated carbocycles. The molecule has 0 fully saturated rings. The lowest BCUT2D eigenvalue weighted by Gasteiger charge is -2.23. The zero-order valence-electron chi connectivity index (χ0n) is 8.86. The van der Waals surface area contributed by atoms with Crippen molar-refractivity contribution >= 4 is 6.03 Å². The summed E-state index contributed by atoms with van der Waals surface area (Å²) in [7, 11) is 1.45. The average Bonchev–Trinajstić information content (AvgIpc) is 2.10. The normalized spacial score (nSPS) is 12.4. The summed E-state index contributed by atoms with van der Waals surface area (Å²) in [6.07, 6.45) is -4.39. The van der Waals surface area contributed by atoms with Crippen LogP contribution in [0.1, 0.15) is 13.8 Å². The molecule has 4 nitrogen and oxygen atoms in total. The minimum atomic E-state index is -4.39. The van der Waals surface area contributed by atoms with Gasteiger partial charge in [0.1, 0.15) is 6.54 Å². The monoisotopic (exact) mass is 228 g/mol. The Morgan fingerprint density at radius 2 is 1.67 bits per heavy atom. The molecular weight excluding hydrogens is 213 g/mol. The maximum absolute atomic E-state index is 11.7. The van der Waals surface area contributed by atoms with Gasteiger partial charge in [0, 0.05) is 13.7 Å². The molecule has 0 aromatic heterocycles. The van der Waals surface area contributed by atoms with Gasteiger partial charge in [0.25, 0.3) is 0 Å². The first-order valence-corrected chi connectivity index (χ1v) is 4.30. The summed E-state index contributed by atoms with van der Waals surface area (Å²) in [6.45, 7) is 2.20. The van der Waals surface area contributed by atoms with Gasteiger partial charge in [0.05, 0.1) is 5.60 Å². The molecule has 0 bridgehead atoms. The van der Waals surface area contributed by atoms with E-state index in [1.54, 1.807) is 19.2 Å². The minimum Gasteiger partial charge on any atom is -0.377 e. The maximum atomic E-state index is 11.7. The van der Waals surface area contributed by atoms with Crippen LogP contribution in [0.4, 0.5) is 18.0 Å².